The predicted octanol–water partition coefficient (Wildman–Crippen LogP) is 4.27. The first-order valence-corrected chi connectivity index (χ1v) is 6.60. The predicted molar refractivity (Wildman–Crippen MR) is 80.2 cm³/mol. The van der Waals surface area contributed by atoms with E-state index in [2.05, 4.69) is 21.2 Å². The molecule has 0 saturated carbocycles. The molecular formula is C13H9BrClFN2O2. The first kappa shape index (κ1) is 14.6. The third-order valence-electron chi connectivity index (χ3n) is 2.57. The van der Waals surface area contributed by atoms with Crippen molar-refractivity contribution in [3.8, 4) is 0 Å². The first-order chi connectivity index (χ1) is 9.38. The number of rotatable bonds is 3. The molecule has 0 heterocycles. The molecule has 0 amide bonds. The minimum atomic E-state index is -1.37. The minimum absolute atomic E-state index is 0.134. The molecule has 0 atom stereocenters. The zero-order valence-corrected chi connectivity index (χ0v) is 12.3. The highest BCUT2D eigenvalue weighted by Gasteiger charge is 2.14. The van der Waals surface area contributed by atoms with Gasteiger partial charge in [-0.3, -0.25) is 0 Å². The van der Waals surface area contributed by atoms with Crippen LogP contribution in [-0.2, 0) is 0 Å². The van der Waals surface area contributed by atoms with Crippen LogP contribution in [0.4, 0.5) is 21.5 Å². The SMILES string of the molecule is Nc1cc(C(=O)O)c(F)cc1Nc1ccc(Cl)c(Br)c1. The molecule has 0 spiro atoms. The van der Waals surface area contributed by atoms with Gasteiger partial charge in [-0.25, -0.2) is 9.18 Å². The summed E-state index contributed by atoms with van der Waals surface area (Å²) in [5.74, 6) is -2.22. The molecule has 104 valence electrons. The van der Waals surface area contributed by atoms with Crippen LogP contribution in [0.5, 0.6) is 0 Å². The third-order valence-corrected chi connectivity index (χ3v) is 3.78. The molecule has 2 aromatic rings. The van der Waals surface area contributed by atoms with E-state index in [1.165, 1.54) is 0 Å². The van der Waals surface area contributed by atoms with Crippen molar-refractivity contribution >= 4 is 50.6 Å². The smallest absolute Gasteiger partial charge is 0.338 e. The molecule has 4 nitrogen and oxygen atoms in total. The molecule has 0 bridgehead atoms. The monoisotopic (exact) mass is 358 g/mol. The van der Waals surface area contributed by atoms with Crippen molar-refractivity contribution in [2.45, 2.75) is 0 Å². The van der Waals surface area contributed by atoms with Crippen LogP contribution in [0.15, 0.2) is 34.8 Å². The van der Waals surface area contributed by atoms with Gasteiger partial charge in [-0.05, 0) is 40.2 Å². The normalized spacial score (nSPS) is 10.3. The van der Waals surface area contributed by atoms with Gasteiger partial charge in [0, 0.05) is 16.2 Å². The number of aromatic carboxylic acids is 1. The zero-order chi connectivity index (χ0) is 14.9. The van der Waals surface area contributed by atoms with Gasteiger partial charge in [-0.15, -0.1) is 0 Å². The lowest BCUT2D eigenvalue weighted by Gasteiger charge is -2.11. The standard InChI is InChI=1S/C13H9BrClFN2O2/c14-8-3-6(1-2-9(8)15)18-12-5-10(16)7(13(19)20)4-11(12)17/h1-5,18H,17H2,(H,19,20). The highest BCUT2D eigenvalue weighted by Crippen LogP contribution is 2.30. The van der Waals surface area contributed by atoms with Gasteiger partial charge >= 0.3 is 5.97 Å². The van der Waals surface area contributed by atoms with Crippen LogP contribution >= 0.6 is 27.5 Å². The van der Waals surface area contributed by atoms with E-state index < -0.39 is 17.3 Å². The van der Waals surface area contributed by atoms with Gasteiger partial charge in [0.25, 0.3) is 0 Å². The second kappa shape index (κ2) is 5.68. The Morgan fingerprint density at radius 2 is 2.05 bits per heavy atom. The molecule has 0 saturated heterocycles. The van der Waals surface area contributed by atoms with E-state index in [0.717, 1.165) is 12.1 Å². The molecule has 0 aromatic heterocycles. The summed E-state index contributed by atoms with van der Waals surface area (Å²) in [4.78, 5) is 10.8. The van der Waals surface area contributed by atoms with Gasteiger partial charge in [-0.2, -0.15) is 0 Å². The third kappa shape index (κ3) is 3.02. The summed E-state index contributed by atoms with van der Waals surface area (Å²) < 4.78 is 14.3. The molecule has 2 aromatic carbocycles. The van der Waals surface area contributed by atoms with Crippen LogP contribution in [0.3, 0.4) is 0 Å². The fraction of sp³-hybridized carbons (Fsp3) is 0. The van der Waals surface area contributed by atoms with E-state index in [-0.39, 0.29) is 11.4 Å². The highest BCUT2D eigenvalue weighted by atomic mass is 79.9. The summed E-state index contributed by atoms with van der Waals surface area (Å²) in [7, 11) is 0. The van der Waals surface area contributed by atoms with Crippen molar-refractivity contribution in [3.05, 3.63) is 51.2 Å². The molecular weight excluding hydrogens is 351 g/mol. The molecule has 20 heavy (non-hydrogen) atoms. The molecule has 0 aliphatic heterocycles. The Labute approximate surface area is 127 Å². The van der Waals surface area contributed by atoms with Crippen molar-refractivity contribution in [1.29, 1.82) is 0 Å². The van der Waals surface area contributed by atoms with Crippen molar-refractivity contribution in [2.24, 2.45) is 0 Å². The van der Waals surface area contributed by atoms with Gasteiger partial charge in [0.2, 0.25) is 0 Å². The maximum atomic E-state index is 13.6. The minimum Gasteiger partial charge on any atom is -0.478 e. The second-order valence-electron chi connectivity index (χ2n) is 3.98. The number of halogens is 3. The Bertz CT molecular complexity index is 694. The highest BCUT2D eigenvalue weighted by molar-refractivity contribution is 9.10. The Balaban J connectivity index is 2.36. The topological polar surface area (TPSA) is 75.4 Å². The number of carboxylic acids is 1. The van der Waals surface area contributed by atoms with E-state index in [1.807, 2.05) is 0 Å². The summed E-state index contributed by atoms with van der Waals surface area (Å²) in [6.07, 6.45) is 0. The molecule has 0 fully saturated rings. The Morgan fingerprint density at radius 3 is 2.65 bits per heavy atom. The number of carbonyl (C=O) groups is 1. The van der Waals surface area contributed by atoms with Gasteiger partial charge in [-0.1, -0.05) is 11.6 Å². The average Bonchev–Trinajstić information content (AvgIpc) is 2.37. The molecule has 0 unspecified atom stereocenters. The fourth-order valence-electron chi connectivity index (χ4n) is 1.59. The van der Waals surface area contributed by atoms with Crippen molar-refractivity contribution in [1.82, 2.24) is 0 Å². The maximum Gasteiger partial charge on any atom is 0.338 e. The molecule has 0 aliphatic rings. The molecule has 4 N–H and O–H groups in total. The maximum absolute atomic E-state index is 13.6. The van der Waals surface area contributed by atoms with Gasteiger partial charge in [0.1, 0.15) is 5.82 Å². The van der Waals surface area contributed by atoms with Crippen LogP contribution < -0.4 is 11.1 Å². The number of hydrogen-bond acceptors (Lipinski definition) is 3. The number of nitrogens with one attached hydrogen (secondary N) is 1. The van der Waals surface area contributed by atoms with E-state index in [9.17, 15) is 9.18 Å². The molecule has 7 heteroatoms. The van der Waals surface area contributed by atoms with Crippen LogP contribution in [0.25, 0.3) is 0 Å². The Hall–Kier alpha value is -1.79. The van der Waals surface area contributed by atoms with Gasteiger partial charge < -0.3 is 16.2 Å². The average molecular weight is 360 g/mol. The number of nitrogens with two attached hydrogens (primary N) is 1. The number of anilines is 3. The van der Waals surface area contributed by atoms with E-state index in [0.29, 0.717) is 15.2 Å². The Kier molecular flexibility index (Phi) is 4.15. The molecule has 0 radical (unpaired) electrons. The molecule has 2 rings (SSSR count). The number of carboxylic acid groups (broad SMARTS) is 1. The van der Waals surface area contributed by atoms with E-state index in [1.54, 1.807) is 18.2 Å². The van der Waals surface area contributed by atoms with Crippen LogP contribution in [0.1, 0.15) is 10.4 Å². The van der Waals surface area contributed by atoms with Crippen molar-refractivity contribution < 1.29 is 14.3 Å². The number of benzene rings is 2. The zero-order valence-electron chi connectivity index (χ0n) is 9.95. The first-order valence-electron chi connectivity index (χ1n) is 5.43. The summed E-state index contributed by atoms with van der Waals surface area (Å²) in [5, 5.41) is 12.2. The Morgan fingerprint density at radius 1 is 1.35 bits per heavy atom. The van der Waals surface area contributed by atoms with Crippen LogP contribution in [0.2, 0.25) is 5.02 Å². The van der Waals surface area contributed by atoms with Gasteiger partial charge in [0.05, 0.1) is 22.0 Å². The lowest BCUT2D eigenvalue weighted by atomic mass is 10.1. The number of hydrogen-bond donors (Lipinski definition) is 3. The summed E-state index contributed by atoms with van der Waals surface area (Å²) >= 11 is 9.14. The van der Waals surface area contributed by atoms with E-state index in [4.69, 9.17) is 22.4 Å². The summed E-state index contributed by atoms with van der Waals surface area (Å²) in [6.45, 7) is 0. The quantitative estimate of drug-likeness (QED) is 0.716. The summed E-state index contributed by atoms with van der Waals surface area (Å²) in [5.41, 5.74) is 6.29. The largest absolute Gasteiger partial charge is 0.478 e. The van der Waals surface area contributed by atoms with Crippen molar-refractivity contribution in [2.75, 3.05) is 11.1 Å². The van der Waals surface area contributed by atoms with Crippen molar-refractivity contribution in [3.63, 3.8) is 0 Å². The number of nitrogen functional groups attached to an aromatic ring is 1. The lowest BCUT2D eigenvalue weighted by molar-refractivity contribution is 0.0692. The fourth-order valence-corrected chi connectivity index (χ4v) is 2.09. The molecule has 0 aliphatic carbocycles. The second-order valence-corrected chi connectivity index (χ2v) is 5.24. The summed E-state index contributed by atoms with van der Waals surface area (Å²) in [6, 6.07) is 7.17. The lowest BCUT2D eigenvalue weighted by Crippen LogP contribution is -2.05. The van der Waals surface area contributed by atoms with Crippen LogP contribution in [0, 0.1) is 5.82 Å². The van der Waals surface area contributed by atoms with Gasteiger partial charge in [0.15, 0.2) is 0 Å². The van der Waals surface area contributed by atoms with Crippen LogP contribution in [-0.4, -0.2) is 11.1 Å². The van der Waals surface area contributed by atoms with E-state index >= 15 is 0 Å².